The van der Waals surface area contributed by atoms with Crippen LogP contribution in [-0.4, -0.2) is 47.3 Å². The van der Waals surface area contributed by atoms with E-state index in [0.717, 1.165) is 43.5 Å². The van der Waals surface area contributed by atoms with Crippen molar-refractivity contribution in [2.24, 2.45) is 0 Å². The number of halogens is 1. The molecule has 2 heterocycles. The normalized spacial score (nSPS) is 13.5. The molecule has 0 N–H and O–H groups in total. The zero-order valence-electron chi connectivity index (χ0n) is 22.0. The summed E-state index contributed by atoms with van der Waals surface area (Å²) < 4.78 is 13.6. The van der Waals surface area contributed by atoms with Crippen molar-refractivity contribution < 1.29 is 14.3 Å². The van der Waals surface area contributed by atoms with Gasteiger partial charge in [-0.05, 0) is 54.7 Å². The zero-order valence-corrected chi connectivity index (χ0v) is 22.7. The molecule has 3 aromatic carbocycles. The Morgan fingerprint density at radius 3 is 2.18 bits per heavy atom. The number of ether oxygens (including phenoxy) is 2. The van der Waals surface area contributed by atoms with Gasteiger partial charge in [-0.15, -0.1) is 0 Å². The van der Waals surface area contributed by atoms with Gasteiger partial charge in [0.2, 0.25) is 0 Å². The van der Waals surface area contributed by atoms with E-state index < -0.39 is 11.2 Å². The van der Waals surface area contributed by atoms with E-state index in [2.05, 4.69) is 0 Å². The Kier molecular flexibility index (Phi) is 7.74. The first kappa shape index (κ1) is 26.6. The van der Waals surface area contributed by atoms with Gasteiger partial charge in [0.15, 0.2) is 11.5 Å². The lowest BCUT2D eigenvalue weighted by Gasteiger charge is -2.26. The van der Waals surface area contributed by atoms with Crippen molar-refractivity contribution in [1.82, 2.24) is 14.0 Å². The first-order valence-electron chi connectivity index (χ1n) is 12.9. The maximum atomic E-state index is 13.8. The van der Waals surface area contributed by atoms with Gasteiger partial charge in [0.1, 0.15) is 0 Å². The van der Waals surface area contributed by atoms with Crippen LogP contribution < -0.4 is 20.7 Å². The van der Waals surface area contributed by atoms with Crippen LogP contribution in [0.5, 0.6) is 11.5 Å². The molecule has 9 heteroatoms. The van der Waals surface area contributed by atoms with Crippen molar-refractivity contribution in [2.45, 2.75) is 32.4 Å². The predicted molar refractivity (Wildman–Crippen MR) is 151 cm³/mol. The quantitative estimate of drug-likeness (QED) is 0.339. The Morgan fingerprint density at radius 2 is 1.51 bits per heavy atom. The van der Waals surface area contributed by atoms with Crippen LogP contribution in [0.2, 0.25) is 5.02 Å². The summed E-state index contributed by atoms with van der Waals surface area (Å²) in [6, 6.07) is 17.6. The number of fused-ring (bicyclic) bond motifs is 1. The molecule has 1 fully saturated rings. The summed E-state index contributed by atoms with van der Waals surface area (Å²) >= 11 is 6.42. The second-order valence-corrected chi connectivity index (χ2v) is 10.0. The molecule has 0 radical (unpaired) electrons. The summed E-state index contributed by atoms with van der Waals surface area (Å²) in [6.45, 7) is 1.75. The number of piperidine rings is 1. The maximum absolute atomic E-state index is 13.8. The molecule has 202 valence electrons. The van der Waals surface area contributed by atoms with Crippen molar-refractivity contribution in [3.05, 3.63) is 103 Å². The van der Waals surface area contributed by atoms with Crippen LogP contribution in [0, 0.1) is 0 Å². The molecule has 1 amide bonds. The monoisotopic (exact) mass is 547 g/mol. The van der Waals surface area contributed by atoms with Crippen LogP contribution in [0.15, 0.2) is 70.3 Å². The van der Waals surface area contributed by atoms with Crippen LogP contribution in [0.3, 0.4) is 0 Å². The van der Waals surface area contributed by atoms with Gasteiger partial charge >= 0.3 is 5.69 Å². The SMILES string of the molecule is COc1cc2c(=O)n(Cc3ccc(C(=O)N4CCCCC4)cc3)c(=O)n(Cc3ccccc3Cl)c2cc1OC. The molecule has 0 aliphatic carbocycles. The fourth-order valence-corrected chi connectivity index (χ4v) is 5.24. The fourth-order valence-electron chi connectivity index (χ4n) is 5.05. The number of carbonyl (C=O) groups is 1. The number of amides is 1. The highest BCUT2D eigenvalue weighted by Crippen LogP contribution is 2.31. The number of rotatable bonds is 7. The Labute approximate surface area is 231 Å². The van der Waals surface area contributed by atoms with Gasteiger partial charge in [-0.25, -0.2) is 4.79 Å². The van der Waals surface area contributed by atoms with E-state index in [0.29, 0.717) is 33.0 Å². The van der Waals surface area contributed by atoms with Gasteiger partial charge < -0.3 is 14.4 Å². The minimum absolute atomic E-state index is 0.00672. The Bertz CT molecular complexity index is 1640. The van der Waals surface area contributed by atoms with E-state index in [1.807, 2.05) is 23.1 Å². The molecular formula is C30H30ClN3O5. The van der Waals surface area contributed by atoms with E-state index >= 15 is 0 Å². The molecule has 0 spiro atoms. The molecular weight excluding hydrogens is 518 g/mol. The number of carbonyl (C=O) groups excluding carboxylic acids is 1. The van der Waals surface area contributed by atoms with Gasteiger partial charge in [-0.3, -0.25) is 18.7 Å². The summed E-state index contributed by atoms with van der Waals surface area (Å²) in [6.07, 6.45) is 3.19. The number of methoxy groups -OCH3 is 2. The van der Waals surface area contributed by atoms with Crippen molar-refractivity contribution in [3.63, 3.8) is 0 Å². The fraction of sp³-hybridized carbons (Fsp3) is 0.300. The molecule has 5 rings (SSSR count). The molecule has 1 aromatic heterocycles. The van der Waals surface area contributed by atoms with E-state index in [1.54, 1.807) is 42.5 Å². The topological polar surface area (TPSA) is 82.8 Å². The minimum Gasteiger partial charge on any atom is -0.493 e. The van der Waals surface area contributed by atoms with Gasteiger partial charge in [-0.1, -0.05) is 41.9 Å². The first-order chi connectivity index (χ1) is 18.9. The number of nitrogens with zero attached hydrogens (tertiary/aromatic N) is 3. The van der Waals surface area contributed by atoms with Crippen LogP contribution in [0.1, 0.15) is 40.7 Å². The number of aromatic nitrogens is 2. The van der Waals surface area contributed by atoms with E-state index in [-0.39, 0.29) is 19.0 Å². The molecule has 0 atom stereocenters. The molecule has 0 saturated carbocycles. The lowest BCUT2D eigenvalue weighted by Crippen LogP contribution is -2.40. The highest BCUT2D eigenvalue weighted by Gasteiger charge is 2.20. The molecule has 1 saturated heterocycles. The van der Waals surface area contributed by atoms with Crippen molar-refractivity contribution in [1.29, 1.82) is 0 Å². The average molecular weight is 548 g/mol. The molecule has 0 bridgehead atoms. The summed E-state index contributed by atoms with van der Waals surface area (Å²) in [7, 11) is 3.00. The standard InChI is InChI=1S/C30H30ClN3O5/c1-38-26-16-23-25(17-27(26)39-2)33(19-22-8-4-5-9-24(22)31)30(37)34(29(23)36)18-20-10-12-21(13-11-20)28(35)32-14-6-3-7-15-32/h4-5,8-13,16-17H,3,6-7,14-15,18-19H2,1-2H3. The third-order valence-corrected chi connectivity index (χ3v) is 7.57. The molecule has 1 aliphatic heterocycles. The second-order valence-electron chi connectivity index (χ2n) is 9.63. The number of benzene rings is 3. The third-order valence-electron chi connectivity index (χ3n) is 7.20. The zero-order chi connectivity index (χ0) is 27.5. The predicted octanol–water partition coefficient (Wildman–Crippen LogP) is 4.56. The Balaban J connectivity index is 1.57. The first-order valence-corrected chi connectivity index (χ1v) is 13.3. The Hall–Kier alpha value is -4.04. The molecule has 39 heavy (non-hydrogen) atoms. The highest BCUT2D eigenvalue weighted by atomic mass is 35.5. The van der Waals surface area contributed by atoms with Crippen molar-refractivity contribution >= 4 is 28.4 Å². The van der Waals surface area contributed by atoms with Crippen LogP contribution >= 0.6 is 11.6 Å². The summed E-state index contributed by atoms with van der Waals surface area (Å²) in [5, 5.41) is 0.834. The third kappa shape index (κ3) is 5.29. The smallest absolute Gasteiger partial charge is 0.332 e. The second kappa shape index (κ2) is 11.4. The molecule has 0 unspecified atom stereocenters. The van der Waals surface area contributed by atoms with E-state index in [9.17, 15) is 14.4 Å². The van der Waals surface area contributed by atoms with Gasteiger partial charge in [0.25, 0.3) is 11.5 Å². The molecule has 8 nitrogen and oxygen atoms in total. The summed E-state index contributed by atoms with van der Waals surface area (Å²) in [5.41, 5.74) is 1.56. The lowest BCUT2D eigenvalue weighted by atomic mass is 10.1. The number of hydrogen-bond acceptors (Lipinski definition) is 5. The van der Waals surface area contributed by atoms with Crippen LogP contribution in [-0.2, 0) is 13.1 Å². The van der Waals surface area contributed by atoms with Gasteiger partial charge in [0.05, 0.1) is 38.2 Å². The maximum Gasteiger partial charge on any atom is 0.332 e. The van der Waals surface area contributed by atoms with Crippen molar-refractivity contribution in [3.8, 4) is 11.5 Å². The summed E-state index contributed by atoms with van der Waals surface area (Å²) in [5.74, 6) is 0.799. The van der Waals surface area contributed by atoms with E-state index in [1.165, 1.54) is 23.4 Å². The molecule has 4 aromatic rings. The van der Waals surface area contributed by atoms with Crippen molar-refractivity contribution in [2.75, 3.05) is 27.3 Å². The highest BCUT2D eigenvalue weighted by molar-refractivity contribution is 6.31. The number of hydrogen-bond donors (Lipinski definition) is 0. The Morgan fingerprint density at radius 1 is 0.846 bits per heavy atom. The minimum atomic E-state index is -0.479. The average Bonchev–Trinajstić information content (AvgIpc) is 2.98. The van der Waals surface area contributed by atoms with Gasteiger partial charge in [0, 0.05) is 29.7 Å². The largest absolute Gasteiger partial charge is 0.493 e. The van der Waals surface area contributed by atoms with Crippen LogP contribution in [0.4, 0.5) is 0 Å². The van der Waals surface area contributed by atoms with Gasteiger partial charge in [-0.2, -0.15) is 0 Å². The molecule has 1 aliphatic rings. The summed E-state index contributed by atoms with van der Waals surface area (Å²) in [4.78, 5) is 42.2. The number of likely N-dealkylation sites (tertiary alicyclic amines) is 1. The van der Waals surface area contributed by atoms with Crippen LogP contribution in [0.25, 0.3) is 10.9 Å². The van der Waals surface area contributed by atoms with E-state index in [4.69, 9.17) is 21.1 Å². The lowest BCUT2D eigenvalue weighted by molar-refractivity contribution is 0.0724.